The molecule has 2 rings (SSSR count). The highest BCUT2D eigenvalue weighted by Gasteiger charge is 2.32. The van der Waals surface area contributed by atoms with Crippen LogP contribution in [0.2, 0.25) is 0 Å². The maximum Gasteiger partial charge on any atom is 0.433 e. The molecule has 1 aromatic heterocycles. The van der Waals surface area contributed by atoms with Crippen LogP contribution in [-0.4, -0.2) is 17.9 Å². The van der Waals surface area contributed by atoms with Gasteiger partial charge in [0.1, 0.15) is 17.1 Å². The predicted octanol–water partition coefficient (Wildman–Crippen LogP) is 3.34. The Morgan fingerprint density at radius 3 is 2.30 bits per heavy atom. The first-order chi connectivity index (χ1) is 9.41. The van der Waals surface area contributed by atoms with Crippen LogP contribution in [0, 0.1) is 0 Å². The van der Waals surface area contributed by atoms with Crippen LogP contribution < -0.4 is 4.74 Å². The van der Waals surface area contributed by atoms with Crippen LogP contribution >= 0.6 is 0 Å². The van der Waals surface area contributed by atoms with Crippen molar-refractivity contribution in [2.45, 2.75) is 6.18 Å². The zero-order valence-electron chi connectivity index (χ0n) is 10.4. The molecule has 1 heterocycles. The Bertz CT molecular complexity index is 621. The zero-order valence-corrected chi connectivity index (χ0v) is 10.4. The molecule has 104 valence electrons. The van der Waals surface area contributed by atoms with Gasteiger partial charge in [-0.2, -0.15) is 13.2 Å². The molecule has 0 unspecified atom stereocenters. The molecule has 0 saturated heterocycles. The lowest BCUT2D eigenvalue weighted by Crippen LogP contribution is -2.12. The van der Waals surface area contributed by atoms with Gasteiger partial charge in [0.05, 0.1) is 7.11 Å². The summed E-state index contributed by atoms with van der Waals surface area (Å²) in [5.41, 5.74) is -1.08. The average molecular weight is 281 g/mol. The van der Waals surface area contributed by atoms with Gasteiger partial charge in [-0.15, -0.1) is 0 Å². The summed E-state index contributed by atoms with van der Waals surface area (Å²) in [5, 5.41) is 0. The maximum atomic E-state index is 12.5. The van der Waals surface area contributed by atoms with E-state index in [0.717, 1.165) is 12.1 Å². The van der Waals surface area contributed by atoms with Crippen molar-refractivity contribution in [1.29, 1.82) is 0 Å². The first kappa shape index (κ1) is 14.0. The van der Waals surface area contributed by atoms with Crippen molar-refractivity contribution >= 4 is 5.78 Å². The molecule has 0 N–H and O–H groups in total. The third-order valence-corrected chi connectivity index (χ3v) is 2.62. The number of aromatic nitrogens is 1. The van der Waals surface area contributed by atoms with E-state index in [-0.39, 0.29) is 11.3 Å². The van der Waals surface area contributed by atoms with E-state index in [9.17, 15) is 18.0 Å². The molecule has 1 aromatic carbocycles. The number of nitrogens with zero attached hydrogens (tertiary/aromatic N) is 1. The van der Waals surface area contributed by atoms with Crippen LogP contribution in [0.25, 0.3) is 0 Å². The minimum Gasteiger partial charge on any atom is -0.497 e. The minimum absolute atomic E-state index is 0.245. The van der Waals surface area contributed by atoms with Gasteiger partial charge in [0, 0.05) is 5.56 Å². The highest BCUT2D eigenvalue weighted by molar-refractivity contribution is 6.07. The minimum atomic E-state index is -4.57. The molecule has 0 atom stereocenters. The predicted molar refractivity (Wildman–Crippen MR) is 65.7 cm³/mol. The van der Waals surface area contributed by atoms with Crippen LogP contribution in [0.1, 0.15) is 21.7 Å². The van der Waals surface area contributed by atoms with E-state index in [1.54, 1.807) is 12.1 Å². The molecule has 0 aliphatic rings. The van der Waals surface area contributed by atoms with E-state index >= 15 is 0 Å². The third kappa shape index (κ3) is 2.96. The van der Waals surface area contributed by atoms with Crippen molar-refractivity contribution in [2.24, 2.45) is 0 Å². The number of ketones is 1. The van der Waals surface area contributed by atoms with Crippen LogP contribution in [0.5, 0.6) is 5.75 Å². The summed E-state index contributed by atoms with van der Waals surface area (Å²) in [5.74, 6) is -0.0164. The molecule has 20 heavy (non-hydrogen) atoms. The Morgan fingerprint density at radius 2 is 1.75 bits per heavy atom. The van der Waals surface area contributed by atoms with E-state index in [0.29, 0.717) is 5.75 Å². The number of benzene rings is 1. The SMILES string of the molecule is COc1ccc(C(=O)c2cccc(C(F)(F)F)n2)cc1. The van der Waals surface area contributed by atoms with Crippen LogP contribution in [0.4, 0.5) is 13.2 Å². The number of alkyl halides is 3. The Labute approximate surface area is 113 Å². The van der Waals surface area contributed by atoms with Crippen LogP contribution in [0.3, 0.4) is 0 Å². The van der Waals surface area contributed by atoms with Gasteiger partial charge in [-0.1, -0.05) is 6.07 Å². The van der Waals surface area contributed by atoms with Gasteiger partial charge >= 0.3 is 6.18 Å². The lowest BCUT2D eigenvalue weighted by atomic mass is 10.1. The van der Waals surface area contributed by atoms with Crippen molar-refractivity contribution in [2.75, 3.05) is 7.11 Å². The summed E-state index contributed by atoms with van der Waals surface area (Å²) in [7, 11) is 1.48. The molecule has 3 nitrogen and oxygen atoms in total. The fraction of sp³-hybridized carbons (Fsp3) is 0.143. The van der Waals surface area contributed by atoms with Gasteiger partial charge in [0.15, 0.2) is 0 Å². The molecule has 0 bridgehead atoms. The number of hydrogen-bond donors (Lipinski definition) is 0. The zero-order chi connectivity index (χ0) is 14.8. The first-order valence-electron chi connectivity index (χ1n) is 5.65. The fourth-order valence-electron chi connectivity index (χ4n) is 1.61. The standard InChI is InChI=1S/C14H10F3NO2/c1-20-10-7-5-9(6-8-10)13(19)11-3-2-4-12(18-11)14(15,16)17/h2-8H,1H3. The Kier molecular flexibility index (Phi) is 3.74. The van der Waals surface area contributed by atoms with Gasteiger partial charge in [-0.25, -0.2) is 4.98 Å². The van der Waals surface area contributed by atoms with Crippen molar-refractivity contribution < 1.29 is 22.7 Å². The lowest BCUT2D eigenvalue weighted by molar-refractivity contribution is -0.141. The molecule has 0 spiro atoms. The smallest absolute Gasteiger partial charge is 0.433 e. The molecule has 6 heteroatoms. The van der Waals surface area contributed by atoms with Crippen LogP contribution in [-0.2, 0) is 6.18 Å². The summed E-state index contributed by atoms with van der Waals surface area (Å²) in [6.07, 6.45) is -4.57. The number of carbonyl (C=O) groups excluding carboxylic acids is 1. The normalized spacial score (nSPS) is 11.2. The number of ether oxygens (including phenoxy) is 1. The third-order valence-electron chi connectivity index (χ3n) is 2.62. The van der Waals surface area contributed by atoms with E-state index in [1.165, 1.54) is 25.3 Å². The largest absolute Gasteiger partial charge is 0.497 e. The number of pyridine rings is 1. The summed E-state index contributed by atoms with van der Waals surface area (Å²) in [6, 6.07) is 9.30. The topological polar surface area (TPSA) is 39.2 Å². The molecule has 0 amide bonds. The first-order valence-corrected chi connectivity index (χ1v) is 5.65. The fourth-order valence-corrected chi connectivity index (χ4v) is 1.61. The van der Waals surface area contributed by atoms with E-state index in [1.807, 2.05) is 0 Å². The summed E-state index contributed by atoms with van der Waals surface area (Å²) in [6.45, 7) is 0. The summed E-state index contributed by atoms with van der Waals surface area (Å²) >= 11 is 0. The van der Waals surface area contributed by atoms with Gasteiger partial charge in [-0.3, -0.25) is 4.79 Å². The second-order valence-corrected chi connectivity index (χ2v) is 3.96. The Hall–Kier alpha value is -2.37. The molecule has 0 saturated carbocycles. The molecule has 0 aliphatic carbocycles. The van der Waals surface area contributed by atoms with Gasteiger partial charge in [0.25, 0.3) is 0 Å². The molecule has 2 aromatic rings. The highest BCUT2D eigenvalue weighted by Crippen LogP contribution is 2.27. The second-order valence-electron chi connectivity index (χ2n) is 3.96. The maximum absolute atomic E-state index is 12.5. The second kappa shape index (κ2) is 5.32. The number of rotatable bonds is 3. The van der Waals surface area contributed by atoms with E-state index < -0.39 is 17.7 Å². The molecular formula is C14H10F3NO2. The van der Waals surface area contributed by atoms with Crippen molar-refractivity contribution in [3.63, 3.8) is 0 Å². The van der Waals surface area contributed by atoms with Gasteiger partial charge < -0.3 is 4.74 Å². The monoisotopic (exact) mass is 281 g/mol. The van der Waals surface area contributed by atoms with Crippen molar-refractivity contribution in [3.8, 4) is 5.75 Å². The van der Waals surface area contributed by atoms with Gasteiger partial charge in [-0.05, 0) is 36.4 Å². The molecule has 0 aliphatic heterocycles. The summed E-state index contributed by atoms with van der Waals surface area (Å²) in [4.78, 5) is 15.4. The summed E-state index contributed by atoms with van der Waals surface area (Å²) < 4.78 is 42.6. The number of methoxy groups -OCH3 is 1. The number of carbonyl (C=O) groups is 1. The number of halogens is 3. The Morgan fingerprint density at radius 1 is 1.10 bits per heavy atom. The molecule has 0 fully saturated rings. The van der Waals surface area contributed by atoms with E-state index in [2.05, 4.69) is 4.98 Å². The van der Waals surface area contributed by atoms with Crippen molar-refractivity contribution in [1.82, 2.24) is 4.98 Å². The quantitative estimate of drug-likeness (QED) is 0.810. The van der Waals surface area contributed by atoms with E-state index in [4.69, 9.17) is 4.74 Å². The van der Waals surface area contributed by atoms with Crippen LogP contribution in [0.15, 0.2) is 42.5 Å². The highest BCUT2D eigenvalue weighted by atomic mass is 19.4. The molecule has 0 radical (unpaired) electrons. The average Bonchev–Trinajstić information content (AvgIpc) is 2.46. The lowest BCUT2D eigenvalue weighted by Gasteiger charge is -2.07. The Balaban J connectivity index is 2.33. The molecular weight excluding hydrogens is 271 g/mol. The number of hydrogen-bond acceptors (Lipinski definition) is 3. The van der Waals surface area contributed by atoms with Crippen molar-refractivity contribution in [3.05, 3.63) is 59.4 Å². The van der Waals surface area contributed by atoms with Gasteiger partial charge in [0.2, 0.25) is 5.78 Å².